The van der Waals surface area contributed by atoms with Crippen LogP contribution < -0.4 is 5.32 Å². The smallest absolute Gasteiger partial charge is 0.335 e. The highest BCUT2D eigenvalue weighted by Gasteiger charge is 2.04. The maximum atomic E-state index is 10.8. The number of rotatable bonds is 5. The average Bonchev–Trinajstić information content (AvgIpc) is 2.45. The van der Waals surface area contributed by atoms with Gasteiger partial charge in [0.15, 0.2) is 0 Å². The minimum absolute atomic E-state index is 0.222. The quantitative estimate of drug-likeness (QED) is 0.637. The summed E-state index contributed by atoms with van der Waals surface area (Å²) in [6.07, 6.45) is 4.90. The van der Waals surface area contributed by atoms with E-state index in [1.54, 1.807) is 0 Å². The van der Waals surface area contributed by atoms with Gasteiger partial charge in [0.2, 0.25) is 0 Å². The second-order valence-corrected chi connectivity index (χ2v) is 4.47. The number of anilines is 1. The molecule has 0 amide bonds. The summed E-state index contributed by atoms with van der Waals surface area (Å²) in [7, 11) is 0. The molecule has 0 aliphatic rings. The fourth-order valence-corrected chi connectivity index (χ4v) is 1.82. The molecule has 19 heavy (non-hydrogen) atoms. The molecule has 7 heteroatoms. The molecule has 0 aliphatic heterocycles. The van der Waals surface area contributed by atoms with E-state index >= 15 is 0 Å². The van der Waals surface area contributed by atoms with Gasteiger partial charge in [0.25, 0.3) is 0 Å². The van der Waals surface area contributed by atoms with Crippen LogP contribution in [-0.2, 0) is 6.54 Å². The molecule has 98 valence electrons. The van der Waals surface area contributed by atoms with Gasteiger partial charge in [-0.15, -0.1) is 11.8 Å². The fourth-order valence-electron chi connectivity index (χ4n) is 1.44. The van der Waals surface area contributed by atoms with Crippen LogP contribution in [0.5, 0.6) is 0 Å². The number of carboxylic acids is 1. The number of thioether (sulfide) groups is 1. The van der Waals surface area contributed by atoms with Gasteiger partial charge in [0, 0.05) is 12.3 Å². The van der Waals surface area contributed by atoms with Crippen molar-refractivity contribution < 1.29 is 9.90 Å². The van der Waals surface area contributed by atoms with Crippen LogP contribution in [0, 0.1) is 0 Å². The monoisotopic (exact) mass is 276 g/mol. The van der Waals surface area contributed by atoms with E-state index in [-0.39, 0.29) is 5.56 Å². The van der Waals surface area contributed by atoms with Crippen molar-refractivity contribution in [1.29, 1.82) is 0 Å². The van der Waals surface area contributed by atoms with Gasteiger partial charge < -0.3 is 10.4 Å². The molecular formula is C12H12N4O2S. The van der Waals surface area contributed by atoms with Crippen LogP contribution in [0.4, 0.5) is 5.82 Å². The lowest BCUT2D eigenvalue weighted by molar-refractivity contribution is 0.0696. The normalized spacial score (nSPS) is 10.2. The molecule has 0 atom stereocenters. The van der Waals surface area contributed by atoms with Gasteiger partial charge in [0.05, 0.1) is 17.8 Å². The zero-order valence-corrected chi connectivity index (χ0v) is 11.0. The van der Waals surface area contributed by atoms with E-state index < -0.39 is 5.97 Å². The van der Waals surface area contributed by atoms with Gasteiger partial charge in [-0.1, -0.05) is 0 Å². The van der Waals surface area contributed by atoms with Gasteiger partial charge in [0.1, 0.15) is 17.2 Å². The van der Waals surface area contributed by atoms with Crippen molar-refractivity contribution >= 4 is 23.5 Å². The van der Waals surface area contributed by atoms with Gasteiger partial charge in [-0.2, -0.15) is 0 Å². The molecule has 0 saturated carbocycles. The first kappa shape index (κ1) is 13.3. The van der Waals surface area contributed by atoms with Crippen molar-refractivity contribution in [1.82, 2.24) is 15.0 Å². The number of hydrogen-bond acceptors (Lipinski definition) is 6. The SMILES string of the molecule is CSc1cc(NCc2cc(C(=O)O)ccn2)ncn1. The third-order valence-corrected chi connectivity index (χ3v) is 3.01. The van der Waals surface area contributed by atoms with Gasteiger partial charge in [-0.3, -0.25) is 4.98 Å². The molecule has 2 N–H and O–H groups in total. The summed E-state index contributed by atoms with van der Waals surface area (Å²) in [5, 5.41) is 12.8. The van der Waals surface area contributed by atoms with Crippen molar-refractivity contribution in [3.8, 4) is 0 Å². The Balaban J connectivity index is 2.05. The van der Waals surface area contributed by atoms with Crippen LogP contribution in [0.1, 0.15) is 16.1 Å². The summed E-state index contributed by atoms with van der Waals surface area (Å²) in [6.45, 7) is 0.409. The number of aromatic nitrogens is 3. The first-order valence-electron chi connectivity index (χ1n) is 5.47. The molecule has 0 saturated heterocycles. The molecule has 0 aliphatic carbocycles. The molecule has 0 spiro atoms. The van der Waals surface area contributed by atoms with E-state index in [2.05, 4.69) is 20.3 Å². The number of carbonyl (C=O) groups is 1. The first-order chi connectivity index (χ1) is 9.19. The van der Waals surface area contributed by atoms with E-state index in [0.29, 0.717) is 18.1 Å². The minimum Gasteiger partial charge on any atom is -0.478 e. The molecular weight excluding hydrogens is 264 g/mol. The Morgan fingerprint density at radius 1 is 1.37 bits per heavy atom. The Hall–Kier alpha value is -2.15. The van der Waals surface area contributed by atoms with Gasteiger partial charge in [-0.05, 0) is 18.4 Å². The van der Waals surface area contributed by atoms with Crippen LogP contribution >= 0.6 is 11.8 Å². The van der Waals surface area contributed by atoms with Crippen molar-refractivity contribution in [3.05, 3.63) is 42.0 Å². The average molecular weight is 276 g/mol. The first-order valence-corrected chi connectivity index (χ1v) is 6.69. The fraction of sp³-hybridized carbons (Fsp3) is 0.167. The summed E-state index contributed by atoms with van der Waals surface area (Å²) in [4.78, 5) is 23.1. The maximum Gasteiger partial charge on any atom is 0.335 e. The lowest BCUT2D eigenvalue weighted by Gasteiger charge is -2.06. The summed E-state index contributed by atoms with van der Waals surface area (Å²) < 4.78 is 0. The predicted molar refractivity (Wildman–Crippen MR) is 72.3 cm³/mol. The standard InChI is InChI=1S/C12H12N4O2S/c1-19-11-5-10(15-7-16-11)14-6-9-4-8(12(17)18)2-3-13-9/h2-5,7H,6H2,1H3,(H,17,18)(H,14,15,16). The number of carboxylic acid groups (broad SMARTS) is 1. The third-order valence-electron chi connectivity index (χ3n) is 2.37. The van der Waals surface area contributed by atoms with Crippen LogP contribution in [-0.4, -0.2) is 32.3 Å². The Morgan fingerprint density at radius 2 is 2.21 bits per heavy atom. The molecule has 0 fully saturated rings. The largest absolute Gasteiger partial charge is 0.478 e. The number of nitrogens with zero attached hydrogens (tertiary/aromatic N) is 3. The lowest BCUT2D eigenvalue weighted by atomic mass is 10.2. The Kier molecular flexibility index (Phi) is 4.30. The lowest BCUT2D eigenvalue weighted by Crippen LogP contribution is -2.05. The van der Waals surface area contributed by atoms with Crippen LogP contribution in [0.3, 0.4) is 0 Å². The van der Waals surface area contributed by atoms with Crippen LogP contribution in [0.15, 0.2) is 35.7 Å². The zero-order chi connectivity index (χ0) is 13.7. The number of nitrogens with one attached hydrogen (secondary N) is 1. The van der Waals surface area contributed by atoms with Crippen molar-refractivity contribution in [2.75, 3.05) is 11.6 Å². The molecule has 2 aromatic rings. The second-order valence-electron chi connectivity index (χ2n) is 3.64. The Bertz CT molecular complexity index is 591. The van der Waals surface area contributed by atoms with Crippen molar-refractivity contribution in [2.45, 2.75) is 11.6 Å². The second kappa shape index (κ2) is 6.14. The predicted octanol–water partition coefficient (Wildman–Crippen LogP) is 1.90. The minimum atomic E-state index is -0.963. The number of hydrogen-bond donors (Lipinski definition) is 2. The summed E-state index contributed by atoms with van der Waals surface area (Å²) in [6, 6.07) is 4.82. The topological polar surface area (TPSA) is 88.0 Å². The molecule has 2 heterocycles. The van der Waals surface area contributed by atoms with Crippen molar-refractivity contribution in [3.63, 3.8) is 0 Å². The molecule has 2 aromatic heterocycles. The van der Waals surface area contributed by atoms with Crippen LogP contribution in [0.25, 0.3) is 0 Å². The van der Waals surface area contributed by atoms with E-state index in [0.717, 1.165) is 5.03 Å². The van der Waals surface area contributed by atoms with E-state index in [1.807, 2.05) is 12.3 Å². The summed E-state index contributed by atoms with van der Waals surface area (Å²) in [5.74, 6) is -0.280. The summed E-state index contributed by atoms with van der Waals surface area (Å²) >= 11 is 1.53. The van der Waals surface area contributed by atoms with E-state index in [4.69, 9.17) is 5.11 Å². The maximum absolute atomic E-state index is 10.8. The number of pyridine rings is 1. The van der Waals surface area contributed by atoms with Crippen LogP contribution in [0.2, 0.25) is 0 Å². The zero-order valence-electron chi connectivity index (χ0n) is 10.2. The molecule has 0 radical (unpaired) electrons. The highest BCUT2D eigenvalue weighted by molar-refractivity contribution is 7.98. The summed E-state index contributed by atoms with van der Waals surface area (Å²) in [5.41, 5.74) is 0.864. The molecule has 0 aromatic carbocycles. The van der Waals surface area contributed by atoms with Crippen molar-refractivity contribution in [2.24, 2.45) is 0 Å². The Labute approximate surface area is 114 Å². The highest BCUT2D eigenvalue weighted by Crippen LogP contribution is 2.14. The van der Waals surface area contributed by atoms with E-state index in [9.17, 15) is 4.79 Å². The molecule has 0 unspecified atom stereocenters. The molecule has 2 rings (SSSR count). The molecule has 0 bridgehead atoms. The number of aromatic carboxylic acids is 1. The Morgan fingerprint density at radius 3 is 2.95 bits per heavy atom. The van der Waals surface area contributed by atoms with Gasteiger partial charge >= 0.3 is 5.97 Å². The molecule has 6 nitrogen and oxygen atoms in total. The third kappa shape index (κ3) is 3.65. The highest BCUT2D eigenvalue weighted by atomic mass is 32.2. The van der Waals surface area contributed by atoms with E-state index in [1.165, 1.54) is 36.4 Å². The van der Waals surface area contributed by atoms with Gasteiger partial charge in [-0.25, -0.2) is 14.8 Å².